The summed E-state index contributed by atoms with van der Waals surface area (Å²) in [5.74, 6) is 6.44. The smallest absolute Gasteiger partial charge is 0.108 e. The number of nitrogens with zero attached hydrogens (tertiary/aromatic N) is 2. The molecule has 20 heavy (non-hydrogen) atoms. The van der Waals surface area contributed by atoms with Crippen LogP contribution in [0.2, 0.25) is 0 Å². The number of nitrogens with one attached hydrogen (secondary N) is 2. The van der Waals surface area contributed by atoms with Crippen molar-refractivity contribution < 1.29 is 10.2 Å². The lowest BCUT2D eigenvalue weighted by Gasteiger charge is -2.00. The molecule has 0 bridgehead atoms. The van der Waals surface area contributed by atoms with E-state index in [-0.39, 0.29) is 6.61 Å². The summed E-state index contributed by atoms with van der Waals surface area (Å²) in [6.07, 6.45) is 3.57. The largest absolute Gasteiger partial charge is 0.396 e. The Labute approximate surface area is 121 Å². The topological polar surface area (TPSA) is 120 Å². The molecule has 7 heteroatoms. The molecular formula is C13H31N5O2. The first-order chi connectivity index (χ1) is 9.47. The van der Waals surface area contributed by atoms with Gasteiger partial charge in [-0.15, -0.1) is 0 Å². The number of hydrogen-bond acceptors (Lipinski definition) is 6. The van der Waals surface area contributed by atoms with Gasteiger partial charge in [0.15, 0.2) is 0 Å². The van der Waals surface area contributed by atoms with Crippen LogP contribution in [0.1, 0.15) is 46.2 Å². The summed E-state index contributed by atoms with van der Waals surface area (Å²) >= 11 is 0. The van der Waals surface area contributed by atoms with E-state index in [1.165, 1.54) is 6.20 Å². The molecule has 1 aromatic heterocycles. The molecule has 0 aromatic carbocycles. The van der Waals surface area contributed by atoms with E-state index in [0.717, 1.165) is 25.3 Å². The molecule has 1 rings (SSSR count). The Bertz CT molecular complexity index is 266. The minimum absolute atomic E-state index is 0.0451. The van der Waals surface area contributed by atoms with Crippen LogP contribution in [0.5, 0.6) is 0 Å². The summed E-state index contributed by atoms with van der Waals surface area (Å²) in [6.45, 7) is 9.76. The number of aliphatic hydroxyl groups is 2. The van der Waals surface area contributed by atoms with Gasteiger partial charge in [0.1, 0.15) is 5.69 Å². The van der Waals surface area contributed by atoms with Gasteiger partial charge in [-0.3, -0.25) is 11.3 Å². The van der Waals surface area contributed by atoms with Gasteiger partial charge in [-0.1, -0.05) is 27.7 Å². The minimum atomic E-state index is -0.0451. The Morgan fingerprint density at radius 1 is 1.20 bits per heavy atom. The number of hydrogen-bond donors (Lipinski definition) is 5. The summed E-state index contributed by atoms with van der Waals surface area (Å²) < 4.78 is 0. The first-order valence-electron chi connectivity index (χ1n) is 6.97. The molecule has 0 aliphatic carbocycles. The second-order valence-corrected chi connectivity index (χ2v) is 5.16. The summed E-state index contributed by atoms with van der Waals surface area (Å²) in [5.41, 5.74) is 3.17. The lowest BCUT2D eigenvalue weighted by atomic mass is 10.1. The Balaban J connectivity index is 0. The molecule has 0 saturated carbocycles. The Morgan fingerprint density at radius 2 is 1.80 bits per heavy atom. The number of hydrazine groups is 1. The maximum atomic E-state index is 8.30. The maximum absolute atomic E-state index is 8.30. The van der Waals surface area contributed by atoms with Gasteiger partial charge in [0, 0.05) is 13.2 Å². The van der Waals surface area contributed by atoms with Crippen molar-refractivity contribution in [2.75, 3.05) is 13.2 Å². The number of aromatic amines is 1. The van der Waals surface area contributed by atoms with Crippen LogP contribution in [-0.2, 0) is 6.61 Å². The van der Waals surface area contributed by atoms with Crippen molar-refractivity contribution >= 4 is 0 Å². The lowest BCUT2D eigenvalue weighted by Crippen LogP contribution is -2.23. The van der Waals surface area contributed by atoms with Crippen LogP contribution in [-0.4, -0.2) is 38.8 Å². The highest BCUT2D eigenvalue weighted by molar-refractivity contribution is 4.85. The number of aromatic nitrogens is 3. The van der Waals surface area contributed by atoms with Gasteiger partial charge in [-0.25, -0.2) is 0 Å². The van der Waals surface area contributed by atoms with Crippen LogP contribution < -0.4 is 11.3 Å². The third kappa shape index (κ3) is 19.3. The van der Waals surface area contributed by atoms with Gasteiger partial charge < -0.3 is 10.2 Å². The van der Waals surface area contributed by atoms with E-state index >= 15 is 0 Å². The molecule has 0 aliphatic rings. The van der Waals surface area contributed by atoms with Gasteiger partial charge in [0.05, 0.1) is 12.8 Å². The Hall–Kier alpha value is -1.02. The average molecular weight is 289 g/mol. The fourth-order valence-electron chi connectivity index (χ4n) is 0.932. The van der Waals surface area contributed by atoms with Crippen molar-refractivity contribution in [1.82, 2.24) is 20.8 Å². The third-order valence-corrected chi connectivity index (χ3v) is 2.20. The summed E-state index contributed by atoms with van der Waals surface area (Å²) in [6, 6.07) is 0. The first-order valence-corrected chi connectivity index (χ1v) is 6.97. The van der Waals surface area contributed by atoms with E-state index in [4.69, 9.17) is 16.1 Å². The van der Waals surface area contributed by atoms with Crippen LogP contribution in [0.3, 0.4) is 0 Å². The van der Waals surface area contributed by atoms with E-state index in [1.807, 2.05) is 0 Å². The van der Waals surface area contributed by atoms with E-state index in [9.17, 15) is 0 Å². The number of H-pyrrole nitrogens is 1. The molecule has 1 heterocycles. The van der Waals surface area contributed by atoms with Crippen molar-refractivity contribution in [3.05, 3.63) is 11.9 Å². The third-order valence-electron chi connectivity index (χ3n) is 2.20. The minimum Gasteiger partial charge on any atom is -0.396 e. The van der Waals surface area contributed by atoms with Crippen molar-refractivity contribution in [2.24, 2.45) is 17.7 Å². The quantitative estimate of drug-likeness (QED) is 0.390. The van der Waals surface area contributed by atoms with Gasteiger partial charge in [-0.2, -0.15) is 15.4 Å². The van der Waals surface area contributed by atoms with Crippen LogP contribution >= 0.6 is 0 Å². The predicted molar refractivity (Wildman–Crippen MR) is 80.5 cm³/mol. The Morgan fingerprint density at radius 3 is 1.95 bits per heavy atom. The normalized spacial score (nSPS) is 9.85. The SMILES string of the molecule is CC(C)CCNN.CC(C)CCO.OCc1cn[nH]n1. The van der Waals surface area contributed by atoms with Gasteiger partial charge >= 0.3 is 0 Å². The molecule has 0 fully saturated rings. The fourth-order valence-corrected chi connectivity index (χ4v) is 0.932. The van der Waals surface area contributed by atoms with Crippen LogP contribution in [0.25, 0.3) is 0 Å². The average Bonchev–Trinajstić information content (AvgIpc) is 2.90. The number of nitrogens with two attached hydrogens (primary N) is 1. The second-order valence-electron chi connectivity index (χ2n) is 5.16. The molecule has 0 atom stereocenters. The number of aliphatic hydroxyl groups excluding tert-OH is 2. The predicted octanol–water partition coefficient (Wildman–Crippen LogP) is 0.818. The zero-order valence-electron chi connectivity index (χ0n) is 13.1. The van der Waals surface area contributed by atoms with Gasteiger partial charge in [0.2, 0.25) is 0 Å². The van der Waals surface area contributed by atoms with E-state index in [0.29, 0.717) is 18.2 Å². The van der Waals surface area contributed by atoms with Crippen LogP contribution in [0, 0.1) is 11.8 Å². The first kappa shape index (κ1) is 21.3. The molecule has 7 nitrogen and oxygen atoms in total. The lowest BCUT2D eigenvalue weighted by molar-refractivity contribution is 0.268. The molecule has 0 spiro atoms. The molecule has 0 aliphatic heterocycles. The maximum Gasteiger partial charge on any atom is 0.108 e. The van der Waals surface area contributed by atoms with Crippen molar-refractivity contribution in [3.63, 3.8) is 0 Å². The Kier molecular flexibility index (Phi) is 17.1. The number of rotatable bonds is 6. The fraction of sp³-hybridized carbons (Fsp3) is 0.846. The molecule has 0 saturated heterocycles. The summed E-state index contributed by atoms with van der Waals surface area (Å²) in [5, 5.41) is 25.9. The van der Waals surface area contributed by atoms with E-state index in [1.54, 1.807) is 0 Å². The molecule has 1 aromatic rings. The van der Waals surface area contributed by atoms with Gasteiger partial charge in [0.25, 0.3) is 0 Å². The van der Waals surface area contributed by atoms with Crippen molar-refractivity contribution in [2.45, 2.75) is 47.1 Å². The summed E-state index contributed by atoms with van der Waals surface area (Å²) in [4.78, 5) is 0. The summed E-state index contributed by atoms with van der Waals surface area (Å²) in [7, 11) is 0. The van der Waals surface area contributed by atoms with Gasteiger partial charge in [-0.05, 0) is 24.7 Å². The molecule has 0 unspecified atom stereocenters. The van der Waals surface area contributed by atoms with Crippen molar-refractivity contribution in [3.8, 4) is 0 Å². The van der Waals surface area contributed by atoms with Crippen LogP contribution in [0.15, 0.2) is 6.20 Å². The highest BCUT2D eigenvalue weighted by atomic mass is 16.3. The zero-order valence-corrected chi connectivity index (χ0v) is 13.1. The van der Waals surface area contributed by atoms with Crippen molar-refractivity contribution in [1.29, 1.82) is 0 Å². The standard InChI is InChI=1S/C5H14N2.C5H12O.C3H5N3O/c1-5(2)3-4-7-6;1-5(2)3-4-6;7-2-3-1-4-6-5-3/h5,7H,3-4,6H2,1-2H3;5-6H,3-4H2,1-2H3;1,7H,2H2,(H,4,5,6). The molecule has 0 radical (unpaired) electrons. The highest BCUT2D eigenvalue weighted by Gasteiger charge is 1.88. The molecule has 0 amide bonds. The zero-order chi connectivity index (χ0) is 15.8. The molecular weight excluding hydrogens is 258 g/mol. The van der Waals surface area contributed by atoms with E-state index in [2.05, 4.69) is 48.5 Å². The monoisotopic (exact) mass is 289 g/mol. The molecule has 6 N–H and O–H groups in total. The highest BCUT2D eigenvalue weighted by Crippen LogP contribution is 1.95. The molecule has 120 valence electrons. The van der Waals surface area contributed by atoms with Crippen LogP contribution in [0.4, 0.5) is 0 Å². The van der Waals surface area contributed by atoms with E-state index < -0.39 is 0 Å². The second kappa shape index (κ2) is 16.0.